The number of likely N-dealkylation sites (tertiary alicyclic amines) is 1. The average molecular weight is 432 g/mol. The molecule has 0 N–H and O–H groups in total. The summed E-state index contributed by atoms with van der Waals surface area (Å²) in [5.74, 6) is 0.923. The molecule has 1 saturated carbocycles. The van der Waals surface area contributed by atoms with Gasteiger partial charge in [-0.25, -0.2) is 0 Å². The van der Waals surface area contributed by atoms with Crippen molar-refractivity contribution in [3.05, 3.63) is 11.6 Å². The Kier molecular flexibility index (Phi) is 8.05. The van der Waals surface area contributed by atoms with Crippen molar-refractivity contribution >= 4 is 11.8 Å². The molecule has 2 aliphatic carbocycles. The Hall–Kier alpha value is -1.40. The van der Waals surface area contributed by atoms with Gasteiger partial charge in [-0.1, -0.05) is 11.6 Å². The number of carbonyl (C=O) groups excluding carboxylic acids is 2. The Bertz CT molecular complexity index is 654. The molecule has 0 aromatic carbocycles. The third-order valence-electron chi connectivity index (χ3n) is 7.65. The van der Waals surface area contributed by atoms with Crippen LogP contribution in [0.25, 0.3) is 0 Å². The van der Waals surface area contributed by atoms with Crippen LogP contribution in [0.1, 0.15) is 70.6 Å². The van der Waals surface area contributed by atoms with E-state index >= 15 is 0 Å². The van der Waals surface area contributed by atoms with E-state index in [0.717, 1.165) is 90.8 Å². The molecule has 6 nitrogen and oxygen atoms in total. The molecule has 4 aliphatic rings. The molecule has 0 aromatic rings. The number of likely N-dealkylation sites (N-methyl/N-ethyl adjacent to an activating group) is 1. The van der Waals surface area contributed by atoms with Gasteiger partial charge in [-0.2, -0.15) is 0 Å². The molecule has 2 heterocycles. The topological polar surface area (TPSA) is 53.1 Å². The molecule has 2 saturated heterocycles. The van der Waals surface area contributed by atoms with Crippen LogP contribution in [0.2, 0.25) is 0 Å². The summed E-state index contributed by atoms with van der Waals surface area (Å²) in [7, 11) is 1.96. The molecule has 1 atom stereocenters. The second-order valence-corrected chi connectivity index (χ2v) is 10.0. The largest absolute Gasteiger partial charge is 0.381 e. The van der Waals surface area contributed by atoms with Crippen LogP contribution in [0.15, 0.2) is 11.6 Å². The Labute approximate surface area is 188 Å². The lowest BCUT2D eigenvalue weighted by Crippen LogP contribution is -2.55. The second kappa shape index (κ2) is 11.0. The van der Waals surface area contributed by atoms with Crippen molar-refractivity contribution in [2.45, 2.75) is 82.7 Å². The number of piperidine rings is 1. The van der Waals surface area contributed by atoms with Gasteiger partial charge in [-0.05, 0) is 64.2 Å². The van der Waals surface area contributed by atoms with E-state index in [4.69, 9.17) is 4.74 Å². The third-order valence-corrected chi connectivity index (χ3v) is 7.65. The van der Waals surface area contributed by atoms with Gasteiger partial charge in [-0.3, -0.25) is 14.5 Å². The number of nitrogens with zero attached hydrogens (tertiary/aromatic N) is 3. The molecule has 1 unspecified atom stereocenters. The molecule has 6 heteroatoms. The minimum absolute atomic E-state index is 0.245. The lowest BCUT2D eigenvalue weighted by atomic mass is 9.97. The zero-order valence-electron chi connectivity index (χ0n) is 19.4. The highest BCUT2D eigenvalue weighted by Crippen LogP contribution is 2.33. The van der Waals surface area contributed by atoms with Gasteiger partial charge in [0.05, 0.1) is 0 Å². The number of hydrogen-bond acceptors (Lipinski definition) is 4. The fourth-order valence-electron chi connectivity index (χ4n) is 5.48. The van der Waals surface area contributed by atoms with Gasteiger partial charge in [0, 0.05) is 70.9 Å². The zero-order valence-corrected chi connectivity index (χ0v) is 19.4. The maximum atomic E-state index is 12.8. The van der Waals surface area contributed by atoms with E-state index in [1.807, 2.05) is 11.9 Å². The number of rotatable bonds is 8. The number of allylic oxidation sites excluding steroid dienone is 1. The van der Waals surface area contributed by atoms with Gasteiger partial charge >= 0.3 is 0 Å². The molecule has 31 heavy (non-hydrogen) atoms. The van der Waals surface area contributed by atoms with Crippen molar-refractivity contribution < 1.29 is 14.3 Å². The Morgan fingerprint density at radius 1 is 1.03 bits per heavy atom. The van der Waals surface area contributed by atoms with E-state index in [0.29, 0.717) is 30.3 Å². The smallest absolute Gasteiger partial charge is 0.226 e. The van der Waals surface area contributed by atoms with E-state index in [9.17, 15) is 9.59 Å². The summed E-state index contributed by atoms with van der Waals surface area (Å²) >= 11 is 0. The van der Waals surface area contributed by atoms with Crippen LogP contribution >= 0.6 is 0 Å². The minimum Gasteiger partial charge on any atom is -0.381 e. The van der Waals surface area contributed by atoms with Crippen LogP contribution in [-0.4, -0.2) is 85.0 Å². The molecule has 0 spiro atoms. The predicted molar refractivity (Wildman–Crippen MR) is 122 cm³/mol. The SMILES string of the molecule is CN(CCN(C1CCOCC1)C1CCCN(C(=O)C2CC2)C1)C(=O)CC1=CCCCC1. The molecule has 0 bridgehead atoms. The van der Waals surface area contributed by atoms with E-state index in [1.54, 1.807) is 0 Å². The normalized spacial score (nSPS) is 25.4. The maximum absolute atomic E-state index is 12.8. The van der Waals surface area contributed by atoms with E-state index in [2.05, 4.69) is 15.9 Å². The lowest BCUT2D eigenvalue weighted by Gasteiger charge is -2.44. The summed E-state index contributed by atoms with van der Waals surface area (Å²) in [5, 5.41) is 0. The lowest BCUT2D eigenvalue weighted by molar-refractivity contribution is -0.135. The summed E-state index contributed by atoms with van der Waals surface area (Å²) in [6.45, 7) is 5.07. The molecule has 4 rings (SSSR count). The molecule has 2 aliphatic heterocycles. The summed E-state index contributed by atoms with van der Waals surface area (Å²) in [5.41, 5.74) is 1.32. The van der Waals surface area contributed by atoms with E-state index in [-0.39, 0.29) is 5.91 Å². The van der Waals surface area contributed by atoms with Gasteiger partial charge in [0.1, 0.15) is 0 Å². The number of carbonyl (C=O) groups is 2. The summed E-state index contributed by atoms with van der Waals surface area (Å²) in [6.07, 6.45) is 14.0. The highest BCUT2D eigenvalue weighted by molar-refractivity contribution is 5.81. The van der Waals surface area contributed by atoms with Gasteiger partial charge in [-0.15, -0.1) is 0 Å². The van der Waals surface area contributed by atoms with E-state index in [1.165, 1.54) is 18.4 Å². The average Bonchev–Trinajstić information content (AvgIpc) is 3.66. The second-order valence-electron chi connectivity index (χ2n) is 10.0. The first kappa shape index (κ1) is 22.8. The first-order valence-electron chi connectivity index (χ1n) is 12.7. The monoisotopic (exact) mass is 431 g/mol. The Morgan fingerprint density at radius 3 is 2.55 bits per heavy atom. The highest BCUT2D eigenvalue weighted by atomic mass is 16.5. The highest BCUT2D eigenvalue weighted by Gasteiger charge is 2.38. The Balaban J connectivity index is 1.34. The van der Waals surface area contributed by atoms with Crippen molar-refractivity contribution in [3.8, 4) is 0 Å². The molecular weight excluding hydrogens is 390 g/mol. The quantitative estimate of drug-likeness (QED) is 0.554. The van der Waals surface area contributed by atoms with Crippen LogP contribution in [0.3, 0.4) is 0 Å². The first-order chi connectivity index (χ1) is 15.1. The van der Waals surface area contributed by atoms with Crippen LogP contribution in [0.4, 0.5) is 0 Å². The fraction of sp³-hybridized carbons (Fsp3) is 0.840. The van der Waals surface area contributed by atoms with Gasteiger partial charge < -0.3 is 14.5 Å². The van der Waals surface area contributed by atoms with Crippen molar-refractivity contribution in [3.63, 3.8) is 0 Å². The van der Waals surface area contributed by atoms with Gasteiger partial charge in [0.25, 0.3) is 0 Å². The first-order valence-corrected chi connectivity index (χ1v) is 12.7. The van der Waals surface area contributed by atoms with Crippen LogP contribution in [-0.2, 0) is 14.3 Å². The van der Waals surface area contributed by atoms with Gasteiger partial charge in [0.15, 0.2) is 0 Å². The molecule has 2 amide bonds. The Morgan fingerprint density at radius 2 is 1.84 bits per heavy atom. The number of amides is 2. The van der Waals surface area contributed by atoms with Crippen LogP contribution in [0.5, 0.6) is 0 Å². The summed E-state index contributed by atoms with van der Waals surface area (Å²) in [6, 6.07) is 0.906. The molecule has 0 radical (unpaired) electrons. The van der Waals surface area contributed by atoms with E-state index < -0.39 is 0 Å². The molecule has 174 valence electrons. The maximum Gasteiger partial charge on any atom is 0.226 e. The minimum atomic E-state index is 0.245. The molecule has 3 fully saturated rings. The zero-order chi connectivity index (χ0) is 21.6. The number of ether oxygens (including phenoxy) is 1. The van der Waals surface area contributed by atoms with Gasteiger partial charge in [0.2, 0.25) is 11.8 Å². The van der Waals surface area contributed by atoms with Crippen LogP contribution in [0, 0.1) is 5.92 Å². The summed E-state index contributed by atoms with van der Waals surface area (Å²) < 4.78 is 5.62. The third kappa shape index (κ3) is 6.32. The fourth-order valence-corrected chi connectivity index (χ4v) is 5.48. The molecular formula is C25H41N3O3. The summed E-state index contributed by atoms with van der Waals surface area (Å²) in [4.78, 5) is 32.2. The standard InChI is InChI=1S/C25H41N3O3/c1-26(24(29)18-20-6-3-2-4-7-20)14-15-28(22-11-16-31-17-12-22)23-8-5-13-27(19-23)25(30)21-9-10-21/h6,21-23H,2-5,7-19H2,1H3. The van der Waals surface area contributed by atoms with Crippen molar-refractivity contribution in [1.29, 1.82) is 0 Å². The van der Waals surface area contributed by atoms with Crippen molar-refractivity contribution in [1.82, 2.24) is 14.7 Å². The number of hydrogen-bond donors (Lipinski definition) is 0. The van der Waals surface area contributed by atoms with Crippen molar-refractivity contribution in [2.24, 2.45) is 5.92 Å². The van der Waals surface area contributed by atoms with Crippen molar-refractivity contribution in [2.75, 3.05) is 46.4 Å². The predicted octanol–water partition coefficient (Wildman–Crippen LogP) is 3.22. The molecule has 0 aromatic heterocycles. The van der Waals surface area contributed by atoms with Crippen LogP contribution < -0.4 is 0 Å².